The van der Waals surface area contributed by atoms with Crippen LogP contribution in [-0.4, -0.2) is 19.8 Å². The molecule has 17 heavy (non-hydrogen) atoms. The number of nitrogens with zero attached hydrogens (tertiary/aromatic N) is 1. The van der Waals surface area contributed by atoms with Gasteiger partial charge in [0.1, 0.15) is 12.4 Å². The van der Waals surface area contributed by atoms with Gasteiger partial charge in [0.05, 0.1) is 11.5 Å². The predicted molar refractivity (Wildman–Crippen MR) is 67.7 cm³/mol. The van der Waals surface area contributed by atoms with Crippen molar-refractivity contribution in [3.63, 3.8) is 0 Å². The molecule has 90 valence electrons. The van der Waals surface area contributed by atoms with Crippen LogP contribution in [0.3, 0.4) is 0 Å². The summed E-state index contributed by atoms with van der Waals surface area (Å²) in [5.74, 6) is 0.792. The summed E-state index contributed by atoms with van der Waals surface area (Å²) in [6, 6.07) is 10.1. The van der Waals surface area contributed by atoms with Crippen LogP contribution in [-0.2, 0) is 4.74 Å². The Kier molecular flexibility index (Phi) is 4.03. The molecule has 0 bridgehead atoms. The molecule has 1 fully saturated rings. The molecule has 0 saturated carbocycles. The van der Waals surface area contributed by atoms with E-state index in [0.29, 0.717) is 19.8 Å². The maximum absolute atomic E-state index is 9.28. The first-order valence-electron chi connectivity index (χ1n) is 5.61. The number of hydrogen-bond acceptors (Lipinski definition) is 3. The molecule has 1 saturated heterocycles. The minimum absolute atomic E-state index is 0.388. The van der Waals surface area contributed by atoms with Gasteiger partial charge in [0, 0.05) is 17.7 Å². The largest absolute Gasteiger partial charge is 0.492 e. The summed E-state index contributed by atoms with van der Waals surface area (Å²) in [5, 5.41) is 9.28. The van der Waals surface area contributed by atoms with E-state index in [0.717, 1.165) is 23.1 Å². The Hall–Kier alpha value is -1.05. The maximum atomic E-state index is 9.28. The van der Waals surface area contributed by atoms with Gasteiger partial charge in [0.15, 0.2) is 0 Å². The third kappa shape index (κ3) is 3.21. The molecule has 1 heterocycles. The van der Waals surface area contributed by atoms with Crippen molar-refractivity contribution in [1.82, 2.24) is 0 Å². The molecule has 0 unspecified atom stereocenters. The molecular weight excluding hydrogens is 282 g/mol. The quantitative estimate of drug-likeness (QED) is 0.860. The molecule has 0 radical (unpaired) electrons. The Balaban J connectivity index is 1.98. The fourth-order valence-electron chi connectivity index (χ4n) is 1.83. The topological polar surface area (TPSA) is 42.2 Å². The first kappa shape index (κ1) is 12.4. The highest BCUT2D eigenvalue weighted by molar-refractivity contribution is 9.10. The smallest absolute Gasteiger partial charge is 0.120 e. The average molecular weight is 296 g/mol. The lowest BCUT2D eigenvalue weighted by atomic mass is 9.83. The molecule has 1 aliphatic rings. The summed E-state index contributed by atoms with van der Waals surface area (Å²) in [4.78, 5) is 0. The molecule has 4 heteroatoms. The third-order valence-corrected chi connectivity index (χ3v) is 3.49. The Bertz CT molecular complexity index is 422. The van der Waals surface area contributed by atoms with Crippen LogP contribution in [0, 0.1) is 16.7 Å². The second kappa shape index (κ2) is 5.52. The second-order valence-electron chi connectivity index (χ2n) is 4.25. The first-order chi connectivity index (χ1) is 8.24. The molecule has 0 aliphatic carbocycles. The molecule has 0 aromatic heterocycles. The number of hydrogen-bond donors (Lipinski definition) is 0. The van der Waals surface area contributed by atoms with Crippen molar-refractivity contribution in [2.24, 2.45) is 5.41 Å². The number of rotatable bonds is 3. The van der Waals surface area contributed by atoms with E-state index < -0.39 is 0 Å². The van der Waals surface area contributed by atoms with Crippen molar-refractivity contribution >= 4 is 15.9 Å². The predicted octanol–water partition coefficient (Wildman–Crippen LogP) is 3.15. The summed E-state index contributed by atoms with van der Waals surface area (Å²) >= 11 is 3.39. The number of halogens is 1. The summed E-state index contributed by atoms with van der Waals surface area (Å²) in [5.41, 5.74) is -0.388. The summed E-state index contributed by atoms with van der Waals surface area (Å²) in [7, 11) is 0. The zero-order valence-electron chi connectivity index (χ0n) is 9.49. The summed E-state index contributed by atoms with van der Waals surface area (Å²) < 4.78 is 12.0. The van der Waals surface area contributed by atoms with Crippen molar-refractivity contribution in [3.8, 4) is 11.8 Å². The second-order valence-corrected chi connectivity index (χ2v) is 5.17. The van der Waals surface area contributed by atoms with Crippen LogP contribution in [0.1, 0.15) is 12.8 Å². The van der Waals surface area contributed by atoms with Crippen molar-refractivity contribution in [1.29, 1.82) is 5.26 Å². The van der Waals surface area contributed by atoms with Crippen LogP contribution in [0.4, 0.5) is 0 Å². The van der Waals surface area contributed by atoms with Crippen LogP contribution in [0.2, 0.25) is 0 Å². The van der Waals surface area contributed by atoms with Crippen molar-refractivity contribution < 1.29 is 9.47 Å². The highest BCUT2D eigenvalue weighted by Gasteiger charge is 2.33. The van der Waals surface area contributed by atoms with E-state index in [1.807, 2.05) is 24.3 Å². The minimum Gasteiger partial charge on any atom is -0.492 e. The van der Waals surface area contributed by atoms with Gasteiger partial charge in [-0.3, -0.25) is 0 Å². The van der Waals surface area contributed by atoms with Gasteiger partial charge in [-0.1, -0.05) is 22.0 Å². The Morgan fingerprint density at radius 2 is 2.18 bits per heavy atom. The van der Waals surface area contributed by atoms with Gasteiger partial charge >= 0.3 is 0 Å². The van der Waals surface area contributed by atoms with Gasteiger partial charge in [-0.15, -0.1) is 0 Å². The molecule has 3 nitrogen and oxygen atoms in total. The molecule has 1 aromatic carbocycles. The first-order valence-corrected chi connectivity index (χ1v) is 6.41. The standard InChI is InChI=1S/C13H14BrNO2/c14-11-2-1-3-12(8-11)17-10-13(9-15)4-6-16-7-5-13/h1-3,8H,4-7,10H2. The molecule has 0 spiro atoms. The Morgan fingerprint density at radius 3 is 2.82 bits per heavy atom. The molecule has 0 amide bonds. The SMILES string of the molecule is N#CC1(COc2cccc(Br)c2)CCOCC1. The van der Waals surface area contributed by atoms with E-state index in [1.54, 1.807) is 0 Å². The maximum Gasteiger partial charge on any atom is 0.120 e. The monoisotopic (exact) mass is 295 g/mol. The van der Waals surface area contributed by atoms with Gasteiger partial charge in [-0.05, 0) is 31.0 Å². The van der Waals surface area contributed by atoms with Gasteiger partial charge < -0.3 is 9.47 Å². The lowest BCUT2D eigenvalue weighted by Gasteiger charge is -2.30. The molecular formula is C13H14BrNO2. The molecule has 0 atom stereocenters. The van der Waals surface area contributed by atoms with E-state index >= 15 is 0 Å². The summed E-state index contributed by atoms with van der Waals surface area (Å²) in [6.45, 7) is 1.73. The van der Waals surface area contributed by atoms with Crippen LogP contribution in [0.25, 0.3) is 0 Å². The third-order valence-electron chi connectivity index (χ3n) is 3.00. The highest BCUT2D eigenvalue weighted by Crippen LogP contribution is 2.31. The zero-order chi connectivity index (χ0) is 12.1. The number of ether oxygens (including phenoxy) is 2. The lowest BCUT2D eigenvalue weighted by molar-refractivity contribution is 0.0191. The molecule has 1 aromatic rings. The Labute approximate surface area is 109 Å². The van der Waals surface area contributed by atoms with Crippen LogP contribution in [0.5, 0.6) is 5.75 Å². The molecule has 2 rings (SSSR count). The summed E-state index contributed by atoms with van der Waals surface area (Å²) in [6.07, 6.45) is 1.50. The number of benzene rings is 1. The fourth-order valence-corrected chi connectivity index (χ4v) is 2.21. The highest BCUT2D eigenvalue weighted by atomic mass is 79.9. The normalized spacial score (nSPS) is 18.4. The van der Waals surface area contributed by atoms with E-state index in [4.69, 9.17) is 9.47 Å². The van der Waals surface area contributed by atoms with Crippen LogP contribution in [0.15, 0.2) is 28.7 Å². The van der Waals surface area contributed by atoms with Crippen LogP contribution < -0.4 is 4.74 Å². The fraction of sp³-hybridized carbons (Fsp3) is 0.462. The van der Waals surface area contributed by atoms with Crippen molar-refractivity contribution in [2.75, 3.05) is 19.8 Å². The van der Waals surface area contributed by atoms with E-state index in [2.05, 4.69) is 22.0 Å². The van der Waals surface area contributed by atoms with E-state index in [-0.39, 0.29) is 5.41 Å². The minimum atomic E-state index is -0.388. The average Bonchev–Trinajstić information content (AvgIpc) is 2.38. The van der Waals surface area contributed by atoms with Gasteiger partial charge in [-0.2, -0.15) is 5.26 Å². The molecule has 0 N–H and O–H groups in total. The van der Waals surface area contributed by atoms with Gasteiger partial charge in [-0.25, -0.2) is 0 Å². The van der Waals surface area contributed by atoms with Gasteiger partial charge in [0.2, 0.25) is 0 Å². The van der Waals surface area contributed by atoms with Crippen molar-refractivity contribution in [3.05, 3.63) is 28.7 Å². The lowest BCUT2D eigenvalue weighted by Crippen LogP contribution is -2.33. The Morgan fingerprint density at radius 1 is 1.41 bits per heavy atom. The van der Waals surface area contributed by atoms with E-state index in [1.165, 1.54) is 0 Å². The molecule has 1 aliphatic heterocycles. The zero-order valence-corrected chi connectivity index (χ0v) is 11.1. The van der Waals surface area contributed by atoms with E-state index in [9.17, 15) is 5.26 Å². The van der Waals surface area contributed by atoms with Crippen molar-refractivity contribution in [2.45, 2.75) is 12.8 Å². The van der Waals surface area contributed by atoms with Crippen LogP contribution >= 0.6 is 15.9 Å². The number of nitriles is 1. The van der Waals surface area contributed by atoms with Gasteiger partial charge in [0.25, 0.3) is 0 Å².